The monoisotopic (exact) mass is 300 g/mol. The lowest BCUT2D eigenvalue weighted by atomic mass is 10.0. The Morgan fingerprint density at radius 2 is 1.86 bits per heavy atom. The van der Waals surface area contributed by atoms with E-state index in [4.69, 9.17) is 4.42 Å². The molecule has 0 bridgehead atoms. The minimum Gasteiger partial charge on any atom is -0.467 e. The van der Waals surface area contributed by atoms with Crippen LogP contribution in [0.3, 0.4) is 0 Å². The van der Waals surface area contributed by atoms with Crippen molar-refractivity contribution in [3.8, 4) is 0 Å². The van der Waals surface area contributed by atoms with E-state index in [9.17, 15) is 9.59 Å². The summed E-state index contributed by atoms with van der Waals surface area (Å²) in [6, 6.07) is 11.1. The number of rotatable bonds is 6. The van der Waals surface area contributed by atoms with Crippen LogP contribution in [0.4, 0.5) is 5.69 Å². The highest BCUT2D eigenvalue weighted by molar-refractivity contribution is 6.03. The van der Waals surface area contributed by atoms with E-state index in [0.717, 1.165) is 11.3 Å². The van der Waals surface area contributed by atoms with Gasteiger partial charge < -0.3 is 15.1 Å². The van der Waals surface area contributed by atoms with Gasteiger partial charge in [-0.1, -0.05) is 32.0 Å². The summed E-state index contributed by atoms with van der Waals surface area (Å²) in [5.74, 6) is 0.282. The van der Waals surface area contributed by atoms with E-state index < -0.39 is 0 Å². The molecule has 2 N–H and O–H groups in total. The van der Waals surface area contributed by atoms with Gasteiger partial charge in [-0.25, -0.2) is 0 Å². The highest BCUT2D eigenvalue weighted by atomic mass is 16.3. The molecule has 0 aliphatic heterocycles. The summed E-state index contributed by atoms with van der Waals surface area (Å²) in [5.41, 5.74) is 1.80. The second-order valence-corrected chi connectivity index (χ2v) is 5.32. The summed E-state index contributed by atoms with van der Waals surface area (Å²) in [6.45, 7) is 4.39. The highest BCUT2D eigenvalue weighted by Gasteiger charge is 2.12. The van der Waals surface area contributed by atoms with Gasteiger partial charge in [-0.05, 0) is 29.7 Å². The normalized spacial score (nSPS) is 10.5. The average Bonchev–Trinajstić information content (AvgIpc) is 2.98. The molecular weight excluding hydrogens is 280 g/mol. The molecule has 1 heterocycles. The molecular formula is C17H20N2O3. The Hall–Kier alpha value is -2.56. The fourth-order valence-electron chi connectivity index (χ4n) is 2.12. The molecule has 2 rings (SSSR count). The van der Waals surface area contributed by atoms with Gasteiger partial charge in [0.25, 0.3) is 0 Å². The SMILES string of the molecule is CC(C)c1ccccc1NC(=O)CC(=O)NCc1ccco1. The van der Waals surface area contributed by atoms with Crippen LogP contribution in [-0.4, -0.2) is 11.8 Å². The van der Waals surface area contributed by atoms with Crippen LogP contribution in [0, 0.1) is 0 Å². The van der Waals surface area contributed by atoms with Crippen molar-refractivity contribution in [2.75, 3.05) is 5.32 Å². The summed E-state index contributed by atoms with van der Waals surface area (Å²) in [5, 5.41) is 5.44. The van der Waals surface area contributed by atoms with Crippen LogP contribution in [0.1, 0.15) is 37.5 Å². The summed E-state index contributed by atoms with van der Waals surface area (Å²) in [7, 11) is 0. The number of carbonyl (C=O) groups is 2. The lowest BCUT2D eigenvalue weighted by Crippen LogP contribution is -2.27. The molecule has 0 aliphatic rings. The average molecular weight is 300 g/mol. The quantitative estimate of drug-likeness (QED) is 0.805. The lowest BCUT2D eigenvalue weighted by molar-refractivity contribution is -0.127. The zero-order valence-corrected chi connectivity index (χ0v) is 12.8. The zero-order chi connectivity index (χ0) is 15.9. The maximum absolute atomic E-state index is 12.0. The Kier molecular flexibility index (Phi) is 5.36. The Labute approximate surface area is 129 Å². The zero-order valence-electron chi connectivity index (χ0n) is 12.8. The second kappa shape index (κ2) is 7.45. The number of carbonyl (C=O) groups excluding carboxylic acids is 2. The highest BCUT2D eigenvalue weighted by Crippen LogP contribution is 2.23. The standard InChI is InChI=1S/C17H20N2O3/c1-12(2)14-7-3-4-8-15(14)19-17(21)10-16(20)18-11-13-6-5-9-22-13/h3-9,12H,10-11H2,1-2H3,(H,18,20)(H,19,21). The van der Waals surface area contributed by atoms with Crippen LogP contribution < -0.4 is 10.6 Å². The summed E-state index contributed by atoms with van der Waals surface area (Å²) >= 11 is 0. The summed E-state index contributed by atoms with van der Waals surface area (Å²) in [6.07, 6.45) is 1.32. The first-order valence-electron chi connectivity index (χ1n) is 7.24. The second-order valence-electron chi connectivity index (χ2n) is 5.32. The van der Waals surface area contributed by atoms with Crippen LogP contribution >= 0.6 is 0 Å². The van der Waals surface area contributed by atoms with E-state index in [0.29, 0.717) is 11.7 Å². The molecule has 116 valence electrons. The Bertz CT molecular complexity index is 633. The van der Waals surface area contributed by atoms with Crippen molar-refractivity contribution in [3.05, 3.63) is 54.0 Å². The molecule has 0 spiro atoms. The molecule has 0 saturated heterocycles. The number of hydrogen-bond donors (Lipinski definition) is 2. The van der Waals surface area contributed by atoms with Crippen LogP contribution in [-0.2, 0) is 16.1 Å². The van der Waals surface area contributed by atoms with Crippen LogP contribution in [0.5, 0.6) is 0 Å². The van der Waals surface area contributed by atoms with Crippen molar-refractivity contribution < 1.29 is 14.0 Å². The van der Waals surface area contributed by atoms with Crippen molar-refractivity contribution >= 4 is 17.5 Å². The predicted molar refractivity (Wildman–Crippen MR) is 84.3 cm³/mol. The van der Waals surface area contributed by atoms with Crippen LogP contribution in [0.2, 0.25) is 0 Å². The molecule has 22 heavy (non-hydrogen) atoms. The van der Waals surface area contributed by atoms with E-state index in [1.54, 1.807) is 12.1 Å². The number of amides is 2. The largest absolute Gasteiger partial charge is 0.467 e. The maximum atomic E-state index is 12.0. The first kappa shape index (κ1) is 15.8. The maximum Gasteiger partial charge on any atom is 0.233 e. The van der Waals surface area contributed by atoms with E-state index in [1.165, 1.54) is 6.26 Å². The molecule has 1 aromatic heterocycles. The summed E-state index contributed by atoms with van der Waals surface area (Å²) in [4.78, 5) is 23.7. The van der Waals surface area contributed by atoms with Gasteiger partial charge in [-0.2, -0.15) is 0 Å². The van der Waals surface area contributed by atoms with Gasteiger partial charge in [0.1, 0.15) is 12.2 Å². The molecule has 2 amide bonds. The number of nitrogens with one attached hydrogen (secondary N) is 2. The van der Waals surface area contributed by atoms with E-state index in [2.05, 4.69) is 24.5 Å². The number of furan rings is 1. The molecule has 1 aromatic carbocycles. The number of anilines is 1. The molecule has 0 radical (unpaired) electrons. The minimum atomic E-state index is -0.337. The molecule has 5 nitrogen and oxygen atoms in total. The molecule has 0 fully saturated rings. The van der Waals surface area contributed by atoms with Gasteiger partial charge in [0.05, 0.1) is 12.8 Å². The van der Waals surface area contributed by atoms with Gasteiger partial charge in [-0.15, -0.1) is 0 Å². The van der Waals surface area contributed by atoms with Crippen molar-refractivity contribution in [1.82, 2.24) is 5.32 Å². The molecule has 0 saturated carbocycles. The van der Waals surface area contributed by atoms with Crippen molar-refractivity contribution in [1.29, 1.82) is 0 Å². The van der Waals surface area contributed by atoms with Gasteiger partial charge in [0.2, 0.25) is 11.8 Å². The number of benzene rings is 1. The summed E-state index contributed by atoms with van der Waals surface area (Å²) < 4.78 is 5.11. The fourth-order valence-corrected chi connectivity index (χ4v) is 2.12. The van der Waals surface area contributed by atoms with E-state index in [1.807, 2.05) is 24.3 Å². The Morgan fingerprint density at radius 1 is 1.09 bits per heavy atom. The Balaban J connectivity index is 1.86. The van der Waals surface area contributed by atoms with Crippen molar-refractivity contribution in [2.24, 2.45) is 0 Å². The minimum absolute atomic E-state index is 0.215. The van der Waals surface area contributed by atoms with Crippen molar-refractivity contribution in [2.45, 2.75) is 32.7 Å². The predicted octanol–water partition coefficient (Wildman–Crippen LogP) is 3.05. The molecule has 0 atom stereocenters. The molecule has 0 unspecified atom stereocenters. The third-order valence-corrected chi connectivity index (χ3v) is 3.22. The van der Waals surface area contributed by atoms with Gasteiger partial charge in [0.15, 0.2) is 0 Å². The third-order valence-electron chi connectivity index (χ3n) is 3.22. The molecule has 0 aliphatic carbocycles. The van der Waals surface area contributed by atoms with Gasteiger partial charge in [0, 0.05) is 5.69 Å². The Morgan fingerprint density at radius 3 is 2.55 bits per heavy atom. The van der Waals surface area contributed by atoms with Crippen molar-refractivity contribution in [3.63, 3.8) is 0 Å². The smallest absolute Gasteiger partial charge is 0.233 e. The number of para-hydroxylation sites is 1. The third kappa shape index (κ3) is 4.48. The van der Waals surface area contributed by atoms with Gasteiger partial charge in [-0.3, -0.25) is 9.59 Å². The van der Waals surface area contributed by atoms with E-state index in [-0.39, 0.29) is 24.8 Å². The first-order chi connectivity index (χ1) is 10.6. The molecule has 5 heteroatoms. The van der Waals surface area contributed by atoms with Crippen LogP contribution in [0.25, 0.3) is 0 Å². The fraction of sp³-hybridized carbons (Fsp3) is 0.294. The van der Waals surface area contributed by atoms with Gasteiger partial charge >= 0.3 is 0 Å². The van der Waals surface area contributed by atoms with E-state index >= 15 is 0 Å². The van der Waals surface area contributed by atoms with Crippen LogP contribution in [0.15, 0.2) is 47.1 Å². The lowest BCUT2D eigenvalue weighted by Gasteiger charge is -2.13. The molecule has 2 aromatic rings. The first-order valence-corrected chi connectivity index (χ1v) is 7.24. The number of hydrogen-bond acceptors (Lipinski definition) is 3. The topological polar surface area (TPSA) is 71.3 Å².